The Balaban J connectivity index is 1.55. The maximum atomic E-state index is 11.9. The molecule has 1 amide bonds. The molecule has 1 aliphatic carbocycles. The molecule has 0 bridgehead atoms. The van der Waals surface area contributed by atoms with Gasteiger partial charge in [-0.1, -0.05) is 5.16 Å². The zero-order valence-corrected chi connectivity index (χ0v) is 12.3. The summed E-state index contributed by atoms with van der Waals surface area (Å²) in [5, 5.41) is 17.2. The Kier molecular flexibility index (Phi) is 3.99. The molecule has 2 heterocycles. The monoisotopic (exact) mass is 294 g/mol. The third-order valence-electron chi connectivity index (χ3n) is 4.95. The van der Waals surface area contributed by atoms with Crippen LogP contribution in [0.3, 0.4) is 0 Å². The lowest BCUT2D eigenvalue weighted by atomic mass is 9.76. The number of aromatic nitrogens is 1. The summed E-state index contributed by atoms with van der Waals surface area (Å²) in [7, 11) is 0. The molecule has 116 valence electrons. The van der Waals surface area contributed by atoms with Gasteiger partial charge in [-0.3, -0.25) is 4.79 Å². The summed E-state index contributed by atoms with van der Waals surface area (Å²) < 4.78 is 10.3. The molecule has 1 spiro atoms. The van der Waals surface area contributed by atoms with Crippen LogP contribution in [-0.4, -0.2) is 42.0 Å². The number of rotatable bonds is 3. The number of carbonyl (C=O) groups is 1. The van der Waals surface area contributed by atoms with Crippen molar-refractivity contribution in [3.8, 4) is 0 Å². The van der Waals surface area contributed by atoms with Crippen LogP contribution in [0.5, 0.6) is 0 Å². The lowest BCUT2D eigenvalue weighted by Crippen LogP contribution is -2.41. The molecule has 2 aliphatic rings. The van der Waals surface area contributed by atoms with Crippen molar-refractivity contribution in [2.45, 2.75) is 38.7 Å². The molecular formula is C15H22N2O4. The van der Waals surface area contributed by atoms with Crippen molar-refractivity contribution in [1.29, 1.82) is 0 Å². The van der Waals surface area contributed by atoms with Crippen molar-refractivity contribution < 1.29 is 19.2 Å². The van der Waals surface area contributed by atoms with E-state index >= 15 is 0 Å². The van der Waals surface area contributed by atoms with Crippen LogP contribution in [0, 0.1) is 18.3 Å². The van der Waals surface area contributed by atoms with Crippen LogP contribution in [0.15, 0.2) is 10.6 Å². The first-order valence-electron chi connectivity index (χ1n) is 7.58. The molecule has 0 radical (unpaired) electrons. The molecular weight excluding hydrogens is 272 g/mol. The Morgan fingerprint density at radius 1 is 1.48 bits per heavy atom. The Labute approximate surface area is 123 Å². The Bertz CT molecular complexity index is 508. The fourth-order valence-corrected chi connectivity index (χ4v) is 3.60. The highest BCUT2D eigenvalue weighted by molar-refractivity contribution is 5.91. The van der Waals surface area contributed by atoms with Gasteiger partial charge in [-0.05, 0) is 32.6 Å². The minimum absolute atomic E-state index is 0.00350. The number of aryl methyl sites for hydroxylation is 1. The van der Waals surface area contributed by atoms with Crippen molar-refractivity contribution in [2.75, 3.05) is 19.8 Å². The van der Waals surface area contributed by atoms with E-state index in [0.29, 0.717) is 12.2 Å². The van der Waals surface area contributed by atoms with Gasteiger partial charge in [0.1, 0.15) is 0 Å². The highest BCUT2D eigenvalue weighted by Crippen LogP contribution is 2.48. The summed E-state index contributed by atoms with van der Waals surface area (Å²) >= 11 is 0. The fraction of sp³-hybridized carbons (Fsp3) is 0.733. The number of nitrogens with zero attached hydrogens (tertiary/aromatic N) is 1. The number of ether oxygens (including phenoxy) is 1. The van der Waals surface area contributed by atoms with Crippen molar-refractivity contribution in [3.05, 3.63) is 17.5 Å². The number of carbonyl (C=O) groups excluding carboxylic acids is 1. The number of nitrogens with one attached hydrogen (secondary N) is 1. The van der Waals surface area contributed by atoms with Gasteiger partial charge in [0, 0.05) is 37.2 Å². The largest absolute Gasteiger partial charge is 0.392 e. The minimum atomic E-state index is -0.363. The number of aliphatic hydroxyl groups is 1. The van der Waals surface area contributed by atoms with Crippen LogP contribution in [-0.2, 0) is 4.74 Å². The number of amides is 1. The molecule has 1 aromatic heterocycles. The molecule has 0 aromatic carbocycles. The van der Waals surface area contributed by atoms with Gasteiger partial charge in [0.2, 0.25) is 5.76 Å². The molecule has 1 saturated carbocycles. The van der Waals surface area contributed by atoms with E-state index in [9.17, 15) is 9.90 Å². The van der Waals surface area contributed by atoms with E-state index in [1.807, 2.05) is 0 Å². The van der Waals surface area contributed by atoms with Gasteiger partial charge in [-0.15, -0.1) is 0 Å². The van der Waals surface area contributed by atoms with Crippen molar-refractivity contribution in [2.24, 2.45) is 11.3 Å². The van der Waals surface area contributed by atoms with Crippen LogP contribution in [0.4, 0.5) is 0 Å². The number of aliphatic hydroxyl groups excluding tert-OH is 1. The van der Waals surface area contributed by atoms with E-state index in [2.05, 4.69) is 10.5 Å². The van der Waals surface area contributed by atoms with Gasteiger partial charge in [-0.25, -0.2) is 0 Å². The Morgan fingerprint density at radius 3 is 2.90 bits per heavy atom. The molecule has 3 rings (SSSR count). The van der Waals surface area contributed by atoms with Crippen LogP contribution in [0.25, 0.3) is 0 Å². The second-order valence-electron chi connectivity index (χ2n) is 6.26. The molecule has 2 fully saturated rings. The molecule has 1 aromatic rings. The topological polar surface area (TPSA) is 84.6 Å². The van der Waals surface area contributed by atoms with Gasteiger partial charge in [0.15, 0.2) is 0 Å². The smallest absolute Gasteiger partial charge is 0.289 e. The first kappa shape index (κ1) is 14.5. The second-order valence-corrected chi connectivity index (χ2v) is 6.26. The number of hydrogen-bond donors (Lipinski definition) is 2. The minimum Gasteiger partial charge on any atom is -0.392 e. The second kappa shape index (κ2) is 5.77. The highest BCUT2D eigenvalue weighted by Gasteiger charge is 2.48. The third-order valence-corrected chi connectivity index (χ3v) is 4.95. The van der Waals surface area contributed by atoms with Crippen molar-refractivity contribution in [1.82, 2.24) is 10.5 Å². The van der Waals surface area contributed by atoms with E-state index < -0.39 is 0 Å². The molecule has 2 N–H and O–H groups in total. The summed E-state index contributed by atoms with van der Waals surface area (Å²) in [6.45, 7) is 3.71. The third kappa shape index (κ3) is 2.82. The SMILES string of the molecule is Cc1cc(C(=O)NC[C@H]2CCC3(CCOCC3)[C@@H]2O)on1. The van der Waals surface area contributed by atoms with Crippen LogP contribution in [0.2, 0.25) is 0 Å². The summed E-state index contributed by atoms with van der Waals surface area (Å²) in [6, 6.07) is 1.61. The zero-order valence-electron chi connectivity index (χ0n) is 12.3. The molecule has 1 aliphatic heterocycles. The van der Waals surface area contributed by atoms with Gasteiger partial charge < -0.3 is 19.7 Å². The fourth-order valence-electron chi connectivity index (χ4n) is 3.60. The normalized spacial score (nSPS) is 27.9. The van der Waals surface area contributed by atoms with Crippen LogP contribution < -0.4 is 5.32 Å². The van der Waals surface area contributed by atoms with Gasteiger partial charge in [-0.2, -0.15) is 0 Å². The molecule has 2 atom stereocenters. The zero-order chi connectivity index (χ0) is 14.9. The van der Waals surface area contributed by atoms with Crippen molar-refractivity contribution >= 4 is 5.91 Å². The molecule has 21 heavy (non-hydrogen) atoms. The first-order chi connectivity index (χ1) is 10.1. The number of hydrogen-bond acceptors (Lipinski definition) is 5. The molecule has 1 saturated heterocycles. The molecule has 6 heteroatoms. The Morgan fingerprint density at radius 2 is 2.24 bits per heavy atom. The Hall–Kier alpha value is -1.40. The maximum absolute atomic E-state index is 11.9. The quantitative estimate of drug-likeness (QED) is 0.877. The summed E-state index contributed by atoms with van der Waals surface area (Å²) in [5.74, 6) is 0.0626. The summed E-state index contributed by atoms with van der Waals surface area (Å²) in [5.41, 5.74) is 0.679. The average molecular weight is 294 g/mol. The van der Waals surface area contributed by atoms with Gasteiger partial charge in [0.25, 0.3) is 5.91 Å². The standard InChI is InChI=1S/C15H22N2O4/c1-10-8-12(21-17-10)14(19)16-9-11-2-3-15(13(11)18)4-6-20-7-5-15/h8,11,13,18H,2-7,9H2,1H3,(H,16,19)/t11-,13-/m1/s1. The van der Waals surface area contributed by atoms with Gasteiger partial charge in [0.05, 0.1) is 11.8 Å². The van der Waals surface area contributed by atoms with E-state index in [-0.39, 0.29) is 29.1 Å². The van der Waals surface area contributed by atoms with E-state index in [4.69, 9.17) is 9.26 Å². The van der Waals surface area contributed by atoms with Crippen LogP contribution >= 0.6 is 0 Å². The first-order valence-corrected chi connectivity index (χ1v) is 7.58. The van der Waals surface area contributed by atoms with Gasteiger partial charge >= 0.3 is 0 Å². The predicted octanol–water partition coefficient (Wildman–Crippen LogP) is 1.28. The van der Waals surface area contributed by atoms with Crippen LogP contribution in [0.1, 0.15) is 41.9 Å². The lowest BCUT2D eigenvalue weighted by molar-refractivity contribution is -0.0555. The van der Waals surface area contributed by atoms with E-state index in [1.165, 1.54) is 0 Å². The maximum Gasteiger partial charge on any atom is 0.289 e. The predicted molar refractivity (Wildman–Crippen MR) is 74.8 cm³/mol. The average Bonchev–Trinajstić information content (AvgIpc) is 3.05. The summed E-state index contributed by atoms with van der Waals surface area (Å²) in [6.07, 6.45) is 3.43. The highest BCUT2D eigenvalue weighted by atomic mass is 16.5. The van der Waals surface area contributed by atoms with E-state index in [1.54, 1.807) is 13.0 Å². The lowest BCUT2D eigenvalue weighted by Gasteiger charge is -2.37. The van der Waals surface area contributed by atoms with E-state index in [0.717, 1.165) is 38.9 Å². The summed E-state index contributed by atoms with van der Waals surface area (Å²) in [4.78, 5) is 11.9. The molecule has 6 nitrogen and oxygen atoms in total. The molecule has 0 unspecified atom stereocenters. The van der Waals surface area contributed by atoms with Crippen molar-refractivity contribution in [3.63, 3.8) is 0 Å².